The summed E-state index contributed by atoms with van der Waals surface area (Å²) >= 11 is 0. The number of amidine groups is 1. The van der Waals surface area contributed by atoms with Gasteiger partial charge in [0, 0.05) is 11.8 Å². The fourth-order valence-electron chi connectivity index (χ4n) is 1.75. The quantitative estimate of drug-likeness (QED) is 0.620. The SMILES string of the molecule is C=CCN=C1Nc2ccc(N)cc2OC1CC. The fourth-order valence-corrected chi connectivity index (χ4v) is 1.75. The number of hydrogen-bond acceptors (Lipinski definition) is 3. The Balaban J connectivity index is 2.30. The molecule has 1 atom stereocenters. The predicted molar refractivity (Wildman–Crippen MR) is 71.7 cm³/mol. The van der Waals surface area contributed by atoms with Gasteiger partial charge in [0.25, 0.3) is 0 Å². The van der Waals surface area contributed by atoms with Gasteiger partial charge in [-0.1, -0.05) is 13.0 Å². The normalized spacial score (nSPS) is 20.3. The summed E-state index contributed by atoms with van der Waals surface area (Å²) < 4.78 is 5.86. The van der Waals surface area contributed by atoms with Crippen molar-refractivity contribution in [3.05, 3.63) is 30.9 Å². The van der Waals surface area contributed by atoms with E-state index >= 15 is 0 Å². The van der Waals surface area contributed by atoms with Gasteiger partial charge < -0.3 is 15.8 Å². The lowest BCUT2D eigenvalue weighted by molar-refractivity contribution is 0.258. The third kappa shape index (κ3) is 2.41. The zero-order chi connectivity index (χ0) is 12.3. The summed E-state index contributed by atoms with van der Waals surface area (Å²) in [5.74, 6) is 1.64. The van der Waals surface area contributed by atoms with E-state index in [0.29, 0.717) is 12.2 Å². The minimum atomic E-state index is -0.0377. The summed E-state index contributed by atoms with van der Waals surface area (Å²) in [6.07, 6.45) is 2.58. The Morgan fingerprint density at radius 2 is 2.41 bits per heavy atom. The Kier molecular flexibility index (Phi) is 3.32. The van der Waals surface area contributed by atoms with E-state index in [1.54, 1.807) is 6.08 Å². The number of nitrogens with zero attached hydrogens (tertiary/aromatic N) is 1. The zero-order valence-electron chi connectivity index (χ0n) is 9.94. The van der Waals surface area contributed by atoms with E-state index in [9.17, 15) is 0 Å². The molecule has 4 nitrogen and oxygen atoms in total. The summed E-state index contributed by atoms with van der Waals surface area (Å²) in [6, 6.07) is 5.57. The lowest BCUT2D eigenvalue weighted by Gasteiger charge is -2.28. The van der Waals surface area contributed by atoms with Crippen molar-refractivity contribution in [1.82, 2.24) is 0 Å². The van der Waals surface area contributed by atoms with Gasteiger partial charge in [-0.25, -0.2) is 0 Å². The van der Waals surface area contributed by atoms with Crippen molar-refractivity contribution in [1.29, 1.82) is 0 Å². The van der Waals surface area contributed by atoms with E-state index in [2.05, 4.69) is 23.8 Å². The van der Waals surface area contributed by atoms with Crippen LogP contribution in [0, 0.1) is 0 Å². The maximum Gasteiger partial charge on any atom is 0.155 e. The Bertz CT molecular complexity index is 454. The number of rotatable bonds is 3. The van der Waals surface area contributed by atoms with Crippen molar-refractivity contribution in [2.24, 2.45) is 4.99 Å². The van der Waals surface area contributed by atoms with Crippen molar-refractivity contribution in [2.45, 2.75) is 19.4 Å². The van der Waals surface area contributed by atoms with Gasteiger partial charge in [-0.2, -0.15) is 0 Å². The predicted octanol–water partition coefficient (Wildman–Crippen LogP) is 2.44. The van der Waals surface area contributed by atoms with Crippen LogP contribution in [0.5, 0.6) is 5.75 Å². The maximum absolute atomic E-state index is 5.86. The van der Waals surface area contributed by atoms with Crippen LogP contribution >= 0.6 is 0 Å². The first-order valence-electron chi connectivity index (χ1n) is 5.73. The molecule has 1 aliphatic heterocycles. The lowest BCUT2D eigenvalue weighted by Crippen LogP contribution is -2.36. The number of ether oxygens (including phenoxy) is 1. The van der Waals surface area contributed by atoms with Crippen molar-refractivity contribution >= 4 is 17.2 Å². The van der Waals surface area contributed by atoms with E-state index in [4.69, 9.17) is 10.5 Å². The van der Waals surface area contributed by atoms with E-state index in [-0.39, 0.29) is 6.10 Å². The highest BCUT2D eigenvalue weighted by atomic mass is 16.5. The van der Waals surface area contributed by atoms with Crippen molar-refractivity contribution < 1.29 is 4.74 Å². The Labute approximate surface area is 101 Å². The number of fused-ring (bicyclic) bond motifs is 1. The zero-order valence-corrected chi connectivity index (χ0v) is 9.94. The van der Waals surface area contributed by atoms with Crippen LogP contribution in [0.25, 0.3) is 0 Å². The molecule has 1 aliphatic rings. The second kappa shape index (κ2) is 4.91. The average molecular weight is 231 g/mol. The molecule has 2 rings (SSSR count). The third-order valence-electron chi connectivity index (χ3n) is 2.60. The van der Waals surface area contributed by atoms with E-state index < -0.39 is 0 Å². The number of benzene rings is 1. The van der Waals surface area contributed by atoms with Gasteiger partial charge in [-0.05, 0) is 18.6 Å². The molecule has 0 spiro atoms. The minimum Gasteiger partial charge on any atom is -0.480 e. The minimum absolute atomic E-state index is 0.0377. The van der Waals surface area contributed by atoms with Crippen molar-refractivity contribution in [3.63, 3.8) is 0 Å². The second-order valence-corrected chi connectivity index (χ2v) is 3.91. The molecule has 0 bridgehead atoms. The van der Waals surface area contributed by atoms with Crippen molar-refractivity contribution in [2.75, 3.05) is 17.6 Å². The first-order chi connectivity index (χ1) is 8.24. The third-order valence-corrected chi connectivity index (χ3v) is 2.60. The topological polar surface area (TPSA) is 59.6 Å². The molecule has 1 aromatic rings. The molecular weight excluding hydrogens is 214 g/mol. The number of nitrogens with two attached hydrogens (primary N) is 1. The van der Waals surface area contributed by atoms with Gasteiger partial charge in [0.15, 0.2) is 6.10 Å². The molecule has 0 amide bonds. The first-order valence-corrected chi connectivity index (χ1v) is 5.73. The highest BCUT2D eigenvalue weighted by molar-refractivity contribution is 6.02. The van der Waals surface area contributed by atoms with Gasteiger partial charge in [0.05, 0.1) is 12.2 Å². The van der Waals surface area contributed by atoms with Gasteiger partial charge in [-0.15, -0.1) is 6.58 Å². The van der Waals surface area contributed by atoms with Crippen LogP contribution in [0.2, 0.25) is 0 Å². The van der Waals surface area contributed by atoms with E-state index in [1.165, 1.54) is 0 Å². The molecular formula is C13H17N3O. The molecule has 3 N–H and O–H groups in total. The molecule has 4 heteroatoms. The molecule has 1 heterocycles. The maximum atomic E-state index is 5.86. The average Bonchev–Trinajstić information content (AvgIpc) is 2.35. The number of hydrogen-bond donors (Lipinski definition) is 2. The summed E-state index contributed by atoms with van der Waals surface area (Å²) in [5, 5.41) is 3.28. The molecule has 1 aromatic carbocycles. The molecule has 0 saturated heterocycles. The van der Waals surface area contributed by atoms with Crippen LogP contribution in [0.15, 0.2) is 35.8 Å². The van der Waals surface area contributed by atoms with Gasteiger partial charge in [0.1, 0.15) is 11.6 Å². The van der Waals surface area contributed by atoms with Crippen LogP contribution in [-0.2, 0) is 0 Å². The molecule has 17 heavy (non-hydrogen) atoms. The molecule has 0 fully saturated rings. The molecule has 0 radical (unpaired) electrons. The van der Waals surface area contributed by atoms with Crippen LogP contribution < -0.4 is 15.8 Å². The monoisotopic (exact) mass is 231 g/mol. The highest BCUT2D eigenvalue weighted by Gasteiger charge is 2.23. The fraction of sp³-hybridized carbons (Fsp3) is 0.308. The van der Waals surface area contributed by atoms with Gasteiger partial charge in [0.2, 0.25) is 0 Å². The Morgan fingerprint density at radius 1 is 1.59 bits per heavy atom. The summed E-state index contributed by atoms with van der Waals surface area (Å²) in [6.45, 7) is 6.31. The molecule has 0 aliphatic carbocycles. The van der Waals surface area contributed by atoms with Crippen LogP contribution in [-0.4, -0.2) is 18.5 Å². The second-order valence-electron chi connectivity index (χ2n) is 3.91. The van der Waals surface area contributed by atoms with Crippen molar-refractivity contribution in [3.8, 4) is 5.75 Å². The molecule has 0 aromatic heterocycles. The lowest BCUT2D eigenvalue weighted by atomic mass is 10.1. The van der Waals surface area contributed by atoms with E-state index in [1.807, 2.05) is 18.2 Å². The van der Waals surface area contributed by atoms with Gasteiger partial charge >= 0.3 is 0 Å². The Morgan fingerprint density at radius 3 is 3.12 bits per heavy atom. The van der Waals surface area contributed by atoms with E-state index in [0.717, 1.165) is 23.7 Å². The number of nitrogens with one attached hydrogen (secondary N) is 1. The van der Waals surface area contributed by atoms with Crippen LogP contribution in [0.4, 0.5) is 11.4 Å². The summed E-state index contributed by atoms with van der Waals surface area (Å²) in [7, 11) is 0. The summed E-state index contributed by atoms with van der Waals surface area (Å²) in [5.41, 5.74) is 7.34. The van der Waals surface area contributed by atoms with Crippen LogP contribution in [0.3, 0.4) is 0 Å². The molecule has 0 saturated carbocycles. The smallest absolute Gasteiger partial charge is 0.155 e. The number of nitrogen functional groups attached to an aromatic ring is 1. The molecule has 90 valence electrons. The number of aliphatic imine (C=N–C) groups is 1. The first kappa shape index (κ1) is 11.5. The standard InChI is InChI=1S/C13H17N3O/c1-3-7-15-13-11(4-2)17-12-8-9(14)5-6-10(12)16-13/h3,5-6,8,11H,1,4,7,14H2,2H3,(H,15,16). The molecule has 1 unspecified atom stereocenters. The Hall–Kier alpha value is -1.97. The highest BCUT2D eigenvalue weighted by Crippen LogP contribution is 2.32. The number of anilines is 2. The summed E-state index contributed by atoms with van der Waals surface area (Å²) in [4.78, 5) is 4.41. The largest absolute Gasteiger partial charge is 0.480 e. The van der Waals surface area contributed by atoms with Gasteiger partial charge in [-0.3, -0.25) is 4.99 Å². The van der Waals surface area contributed by atoms with Crippen LogP contribution in [0.1, 0.15) is 13.3 Å².